The van der Waals surface area contributed by atoms with Gasteiger partial charge in [-0.15, -0.1) is 11.3 Å². The van der Waals surface area contributed by atoms with Crippen molar-refractivity contribution in [3.63, 3.8) is 0 Å². The summed E-state index contributed by atoms with van der Waals surface area (Å²) in [4.78, 5) is 19.4. The van der Waals surface area contributed by atoms with Crippen molar-refractivity contribution in [3.8, 4) is 17.6 Å². The molecule has 4 rings (SSSR count). The molecule has 6 nitrogen and oxygen atoms in total. The highest BCUT2D eigenvalue weighted by Crippen LogP contribution is 2.34. The van der Waals surface area contributed by atoms with E-state index >= 15 is 0 Å². The van der Waals surface area contributed by atoms with E-state index in [0.717, 1.165) is 59.4 Å². The number of carboxylic acid groups (broad SMARTS) is 1. The van der Waals surface area contributed by atoms with Crippen LogP contribution in [-0.2, 0) is 4.79 Å². The minimum atomic E-state index is -0.738. The highest BCUT2D eigenvalue weighted by atomic mass is 32.1. The zero-order chi connectivity index (χ0) is 23.9. The highest BCUT2D eigenvalue weighted by Gasteiger charge is 2.31. The molecule has 34 heavy (non-hydrogen) atoms. The Kier molecular flexibility index (Phi) is 8.17. The summed E-state index contributed by atoms with van der Waals surface area (Å²) >= 11 is 1.64. The van der Waals surface area contributed by atoms with Crippen molar-refractivity contribution in [1.82, 2.24) is 9.88 Å². The summed E-state index contributed by atoms with van der Waals surface area (Å²) in [5.41, 5.74) is 8.60. The average Bonchev–Trinajstić information content (AvgIpc) is 3.36. The number of rotatable bonds is 8. The number of fused-ring (bicyclic) bond motifs is 1. The first kappa shape index (κ1) is 24.2. The summed E-state index contributed by atoms with van der Waals surface area (Å²) in [6.07, 6.45) is 4.66. The Bertz CT molecular complexity index is 1170. The van der Waals surface area contributed by atoms with Gasteiger partial charge in [0.15, 0.2) is 0 Å². The first-order valence-corrected chi connectivity index (χ1v) is 12.6. The second kappa shape index (κ2) is 11.5. The van der Waals surface area contributed by atoms with E-state index in [-0.39, 0.29) is 18.4 Å². The van der Waals surface area contributed by atoms with Gasteiger partial charge < -0.3 is 15.6 Å². The van der Waals surface area contributed by atoms with Gasteiger partial charge in [-0.2, -0.15) is 0 Å². The Hall–Kier alpha value is -2.92. The summed E-state index contributed by atoms with van der Waals surface area (Å²) in [6, 6.07) is 11.7. The van der Waals surface area contributed by atoms with E-state index in [9.17, 15) is 9.90 Å². The van der Waals surface area contributed by atoms with Crippen LogP contribution in [0.25, 0.3) is 10.9 Å². The number of aliphatic carboxylic acids is 1. The number of nitrogens with zero attached hydrogens (tertiary/aromatic N) is 2. The molecule has 178 valence electrons. The molecule has 0 bridgehead atoms. The highest BCUT2D eigenvalue weighted by molar-refractivity contribution is 7.10. The zero-order valence-electron chi connectivity index (χ0n) is 19.4. The lowest BCUT2D eigenvalue weighted by Crippen LogP contribution is -2.41. The molecule has 1 aromatic carbocycles. The van der Waals surface area contributed by atoms with E-state index in [1.165, 1.54) is 0 Å². The molecule has 0 aliphatic carbocycles. The number of likely N-dealkylation sites (tertiary alicyclic amines) is 1. The normalized spacial score (nSPS) is 19.4. The van der Waals surface area contributed by atoms with Crippen LogP contribution in [0.4, 0.5) is 0 Å². The lowest BCUT2D eigenvalue weighted by Gasteiger charge is -2.37. The van der Waals surface area contributed by atoms with Gasteiger partial charge in [0.1, 0.15) is 5.75 Å². The molecule has 1 saturated heterocycles. The maximum Gasteiger partial charge on any atom is 0.303 e. The summed E-state index contributed by atoms with van der Waals surface area (Å²) in [7, 11) is 1.65. The Morgan fingerprint density at radius 1 is 1.35 bits per heavy atom. The van der Waals surface area contributed by atoms with Crippen molar-refractivity contribution >= 4 is 28.2 Å². The molecule has 3 atom stereocenters. The molecule has 0 amide bonds. The van der Waals surface area contributed by atoms with Crippen molar-refractivity contribution in [2.75, 3.05) is 26.7 Å². The van der Waals surface area contributed by atoms with Crippen LogP contribution < -0.4 is 10.5 Å². The molecule has 0 saturated carbocycles. The van der Waals surface area contributed by atoms with Crippen LogP contribution in [0.5, 0.6) is 5.75 Å². The van der Waals surface area contributed by atoms with Gasteiger partial charge in [-0.25, -0.2) is 0 Å². The monoisotopic (exact) mass is 477 g/mol. The Morgan fingerprint density at radius 3 is 3.00 bits per heavy atom. The minimum absolute atomic E-state index is 0.108. The van der Waals surface area contributed by atoms with Crippen LogP contribution in [0, 0.1) is 23.7 Å². The van der Waals surface area contributed by atoms with E-state index in [1.54, 1.807) is 24.6 Å². The van der Waals surface area contributed by atoms with Gasteiger partial charge in [-0.1, -0.05) is 17.9 Å². The first-order chi connectivity index (χ1) is 16.5. The van der Waals surface area contributed by atoms with Crippen LogP contribution in [-0.4, -0.2) is 47.7 Å². The molecule has 0 unspecified atom stereocenters. The SMILES string of the molecule is COc1ccc2nccc([C@@H](N)CC[C@@H]3CCN(CC#Cc4cccs4)C[C@@H]3CC(=O)O)c2c1. The number of methoxy groups -OCH3 is 1. The molecule has 1 fully saturated rings. The van der Waals surface area contributed by atoms with E-state index in [4.69, 9.17) is 10.5 Å². The van der Waals surface area contributed by atoms with Crippen LogP contribution >= 0.6 is 11.3 Å². The molecule has 3 N–H and O–H groups in total. The average molecular weight is 478 g/mol. The second-order valence-electron chi connectivity index (χ2n) is 8.89. The number of carbonyl (C=O) groups is 1. The quantitative estimate of drug-likeness (QED) is 0.463. The van der Waals surface area contributed by atoms with Crippen molar-refractivity contribution in [3.05, 3.63) is 58.4 Å². The molecule has 0 spiro atoms. The third-order valence-electron chi connectivity index (χ3n) is 6.68. The fourth-order valence-corrected chi connectivity index (χ4v) is 5.46. The number of hydrogen-bond acceptors (Lipinski definition) is 6. The lowest BCUT2D eigenvalue weighted by atomic mass is 9.79. The van der Waals surface area contributed by atoms with Crippen LogP contribution in [0.3, 0.4) is 0 Å². The standard InChI is InChI=1S/C27H31N3O3S/c1-33-21-7-9-26-24(17-21)23(10-12-29-26)25(28)8-6-19-11-14-30(18-20(19)16-27(31)32)13-2-4-22-5-3-15-34-22/h3,5,7,9-10,12,15,17,19-20,25H,6,8,11,13-14,16,18,28H2,1H3,(H,31,32)/t19-,20+,25+/m1/s1. The van der Waals surface area contributed by atoms with Crippen molar-refractivity contribution < 1.29 is 14.6 Å². The molecule has 3 heterocycles. The van der Waals surface area contributed by atoms with E-state index < -0.39 is 5.97 Å². The summed E-state index contributed by atoms with van der Waals surface area (Å²) < 4.78 is 5.38. The summed E-state index contributed by atoms with van der Waals surface area (Å²) in [5, 5.41) is 12.5. The smallest absolute Gasteiger partial charge is 0.303 e. The summed E-state index contributed by atoms with van der Waals surface area (Å²) in [5.74, 6) is 6.94. The number of carboxylic acids is 1. The van der Waals surface area contributed by atoms with Crippen LogP contribution in [0.15, 0.2) is 48.0 Å². The summed E-state index contributed by atoms with van der Waals surface area (Å²) in [6.45, 7) is 2.37. The maximum absolute atomic E-state index is 11.6. The van der Waals surface area contributed by atoms with Gasteiger partial charge in [0.05, 0.1) is 24.0 Å². The Balaban J connectivity index is 1.39. The van der Waals surface area contributed by atoms with E-state index in [1.807, 2.05) is 41.8 Å². The predicted molar refractivity (Wildman–Crippen MR) is 136 cm³/mol. The minimum Gasteiger partial charge on any atom is -0.497 e. The molecule has 1 aliphatic rings. The third kappa shape index (κ3) is 6.15. The van der Waals surface area contributed by atoms with Gasteiger partial charge in [0.25, 0.3) is 0 Å². The van der Waals surface area contributed by atoms with Crippen molar-refractivity contribution in [2.45, 2.75) is 31.7 Å². The fourth-order valence-electron chi connectivity index (χ4n) is 4.87. The number of piperidine rings is 1. The largest absolute Gasteiger partial charge is 0.497 e. The van der Waals surface area contributed by atoms with Gasteiger partial charge in [0, 0.05) is 30.6 Å². The number of pyridine rings is 1. The van der Waals surface area contributed by atoms with Gasteiger partial charge in [-0.05, 0) is 78.9 Å². The number of benzene rings is 1. The van der Waals surface area contributed by atoms with Crippen molar-refractivity contribution in [1.29, 1.82) is 0 Å². The number of nitrogens with two attached hydrogens (primary N) is 1. The Morgan fingerprint density at radius 2 is 2.24 bits per heavy atom. The van der Waals surface area contributed by atoms with Crippen molar-refractivity contribution in [2.24, 2.45) is 17.6 Å². The molecule has 0 radical (unpaired) electrons. The zero-order valence-corrected chi connectivity index (χ0v) is 20.3. The molecule has 1 aliphatic heterocycles. The molecular formula is C27H31N3O3S. The molecule has 7 heteroatoms. The third-order valence-corrected chi connectivity index (χ3v) is 7.46. The van der Waals surface area contributed by atoms with E-state index in [2.05, 4.69) is 21.7 Å². The topological polar surface area (TPSA) is 88.7 Å². The molecule has 3 aromatic rings. The molecular weight excluding hydrogens is 446 g/mol. The number of thiophene rings is 1. The first-order valence-electron chi connectivity index (χ1n) is 11.7. The maximum atomic E-state index is 11.6. The van der Waals surface area contributed by atoms with E-state index in [0.29, 0.717) is 12.5 Å². The number of ether oxygens (including phenoxy) is 1. The molecule has 2 aromatic heterocycles. The fraction of sp³-hybridized carbons (Fsp3) is 0.407. The predicted octanol–water partition coefficient (Wildman–Crippen LogP) is 4.55. The van der Waals surface area contributed by atoms with Gasteiger partial charge >= 0.3 is 5.97 Å². The van der Waals surface area contributed by atoms with Crippen LogP contribution in [0.2, 0.25) is 0 Å². The Labute approximate surface area is 204 Å². The number of aromatic nitrogens is 1. The van der Waals surface area contributed by atoms with Gasteiger partial charge in [0.2, 0.25) is 0 Å². The lowest BCUT2D eigenvalue weighted by molar-refractivity contribution is -0.139. The van der Waals surface area contributed by atoms with Gasteiger partial charge in [-0.3, -0.25) is 14.7 Å². The number of hydrogen-bond donors (Lipinski definition) is 2. The second-order valence-corrected chi connectivity index (χ2v) is 9.84. The van der Waals surface area contributed by atoms with Crippen LogP contribution in [0.1, 0.15) is 42.2 Å².